The van der Waals surface area contributed by atoms with Crippen LogP contribution < -0.4 is 4.74 Å². The molecule has 4 heteroatoms. The van der Waals surface area contributed by atoms with Crippen molar-refractivity contribution in [2.24, 2.45) is 0 Å². The Morgan fingerprint density at radius 1 is 1.47 bits per heavy atom. The average Bonchev–Trinajstić information content (AvgIpc) is 2.89. The first-order valence-electron chi connectivity index (χ1n) is 5.78. The van der Waals surface area contributed by atoms with Gasteiger partial charge < -0.3 is 14.6 Å². The number of benzene rings is 1. The molecule has 0 aliphatic carbocycles. The summed E-state index contributed by atoms with van der Waals surface area (Å²) in [6, 6.07) is 6.95. The molecule has 1 saturated heterocycles. The van der Waals surface area contributed by atoms with Gasteiger partial charge in [-0.1, -0.05) is 12.1 Å². The van der Waals surface area contributed by atoms with Gasteiger partial charge in [0, 0.05) is 6.61 Å². The van der Waals surface area contributed by atoms with E-state index in [4.69, 9.17) is 14.6 Å². The summed E-state index contributed by atoms with van der Waals surface area (Å²) in [5.41, 5.74) is 0.424. The molecule has 4 nitrogen and oxygen atoms in total. The molecule has 1 aliphatic rings. The molecule has 1 aromatic rings. The molecule has 92 valence electrons. The van der Waals surface area contributed by atoms with Crippen LogP contribution in [0, 0.1) is 0 Å². The Bertz CT molecular complexity index is 383. The predicted molar refractivity (Wildman–Crippen MR) is 62.3 cm³/mol. The van der Waals surface area contributed by atoms with Gasteiger partial charge in [0.05, 0.1) is 11.7 Å². The van der Waals surface area contributed by atoms with Gasteiger partial charge >= 0.3 is 0 Å². The fourth-order valence-corrected chi connectivity index (χ4v) is 1.87. The van der Waals surface area contributed by atoms with Gasteiger partial charge in [-0.3, -0.25) is 4.79 Å². The van der Waals surface area contributed by atoms with Crippen molar-refractivity contribution in [3.05, 3.63) is 29.8 Å². The highest BCUT2D eigenvalue weighted by Gasteiger charge is 2.17. The molecule has 0 bridgehead atoms. The maximum Gasteiger partial charge on any atom is 0.191 e. The van der Waals surface area contributed by atoms with Gasteiger partial charge in [0.1, 0.15) is 19.0 Å². The SMILES string of the molecule is O=C(CO)c1ccccc1OCC1CCCO1. The highest BCUT2D eigenvalue weighted by molar-refractivity contribution is 5.99. The molecule has 1 aliphatic heterocycles. The first-order chi connectivity index (χ1) is 8.31. The van der Waals surface area contributed by atoms with Crippen molar-refractivity contribution in [2.75, 3.05) is 19.8 Å². The van der Waals surface area contributed by atoms with Crippen molar-refractivity contribution in [3.8, 4) is 5.75 Å². The van der Waals surface area contributed by atoms with Gasteiger partial charge in [0.25, 0.3) is 0 Å². The fourth-order valence-electron chi connectivity index (χ4n) is 1.87. The van der Waals surface area contributed by atoms with Crippen LogP contribution in [0.3, 0.4) is 0 Å². The van der Waals surface area contributed by atoms with Crippen molar-refractivity contribution in [1.29, 1.82) is 0 Å². The van der Waals surface area contributed by atoms with Crippen LogP contribution in [0.2, 0.25) is 0 Å². The molecule has 0 radical (unpaired) electrons. The van der Waals surface area contributed by atoms with Crippen molar-refractivity contribution >= 4 is 5.78 Å². The van der Waals surface area contributed by atoms with Crippen LogP contribution in [0.15, 0.2) is 24.3 Å². The molecule has 2 rings (SSSR count). The lowest BCUT2D eigenvalue weighted by Crippen LogP contribution is -2.17. The predicted octanol–water partition coefficient (Wildman–Crippen LogP) is 1.42. The summed E-state index contributed by atoms with van der Waals surface area (Å²) in [7, 11) is 0. The fraction of sp³-hybridized carbons (Fsp3) is 0.462. The molecule has 1 N–H and O–H groups in total. The minimum absolute atomic E-state index is 0.118. The lowest BCUT2D eigenvalue weighted by atomic mass is 10.1. The van der Waals surface area contributed by atoms with E-state index in [1.165, 1.54) is 0 Å². The van der Waals surface area contributed by atoms with Gasteiger partial charge in [-0.25, -0.2) is 0 Å². The van der Waals surface area contributed by atoms with Crippen molar-refractivity contribution < 1.29 is 19.4 Å². The number of aliphatic hydroxyl groups excluding tert-OH is 1. The summed E-state index contributed by atoms with van der Waals surface area (Å²) >= 11 is 0. The Hall–Kier alpha value is -1.39. The Balaban J connectivity index is 2.01. The molecule has 17 heavy (non-hydrogen) atoms. The average molecular weight is 236 g/mol. The Morgan fingerprint density at radius 2 is 2.29 bits per heavy atom. The molecule has 0 saturated carbocycles. The highest BCUT2D eigenvalue weighted by Crippen LogP contribution is 2.20. The number of Topliss-reactive ketones (excluding diaryl/α,β-unsaturated/α-hetero) is 1. The third-order valence-corrected chi connectivity index (χ3v) is 2.78. The zero-order valence-corrected chi connectivity index (χ0v) is 9.59. The topological polar surface area (TPSA) is 55.8 Å². The molecule has 0 spiro atoms. The Kier molecular flexibility index (Phi) is 4.12. The Labute approximate surface area is 100 Å². The monoisotopic (exact) mass is 236 g/mol. The minimum atomic E-state index is -0.500. The highest BCUT2D eigenvalue weighted by atomic mass is 16.5. The first-order valence-corrected chi connectivity index (χ1v) is 5.78. The van der Waals surface area contributed by atoms with E-state index in [2.05, 4.69) is 0 Å². The van der Waals surface area contributed by atoms with Crippen LogP contribution in [-0.4, -0.2) is 36.8 Å². The number of aliphatic hydroxyl groups is 1. The lowest BCUT2D eigenvalue weighted by molar-refractivity contribution is 0.0669. The van der Waals surface area contributed by atoms with E-state index in [-0.39, 0.29) is 11.9 Å². The standard InChI is InChI=1S/C13H16O4/c14-8-12(15)11-5-1-2-6-13(11)17-9-10-4-3-7-16-10/h1-2,5-6,10,14H,3-4,7-9H2. The molecule has 1 atom stereocenters. The summed E-state index contributed by atoms with van der Waals surface area (Å²) in [6.07, 6.45) is 2.17. The summed E-state index contributed by atoms with van der Waals surface area (Å²) in [6.45, 7) is 0.737. The third kappa shape index (κ3) is 3.05. The largest absolute Gasteiger partial charge is 0.490 e. The second-order valence-corrected chi connectivity index (χ2v) is 4.02. The third-order valence-electron chi connectivity index (χ3n) is 2.78. The van der Waals surface area contributed by atoms with E-state index in [1.807, 2.05) is 0 Å². The molecule has 1 fully saturated rings. The number of carbonyl (C=O) groups excluding carboxylic acids is 1. The number of hydrogen-bond donors (Lipinski definition) is 1. The molecular weight excluding hydrogens is 220 g/mol. The van der Waals surface area contributed by atoms with Gasteiger partial charge in [-0.15, -0.1) is 0 Å². The van der Waals surface area contributed by atoms with E-state index in [9.17, 15) is 4.79 Å². The van der Waals surface area contributed by atoms with Crippen LogP contribution in [0.4, 0.5) is 0 Å². The Morgan fingerprint density at radius 3 is 3.00 bits per heavy atom. The van der Waals surface area contributed by atoms with E-state index in [0.717, 1.165) is 19.4 Å². The number of ether oxygens (including phenoxy) is 2. The quantitative estimate of drug-likeness (QED) is 0.785. The minimum Gasteiger partial charge on any atom is -0.490 e. The zero-order chi connectivity index (χ0) is 12.1. The molecule has 0 amide bonds. The van der Waals surface area contributed by atoms with Crippen LogP contribution in [0.25, 0.3) is 0 Å². The zero-order valence-electron chi connectivity index (χ0n) is 9.59. The number of carbonyl (C=O) groups is 1. The smallest absolute Gasteiger partial charge is 0.191 e. The normalized spacial score (nSPS) is 19.2. The van der Waals surface area contributed by atoms with Crippen molar-refractivity contribution in [2.45, 2.75) is 18.9 Å². The number of rotatable bonds is 5. The molecule has 1 aromatic carbocycles. The summed E-state index contributed by atoms with van der Waals surface area (Å²) in [5, 5.41) is 8.86. The molecule has 1 unspecified atom stereocenters. The first kappa shape index (κ1) is 12.1. The van der Waals surface area contributed by atoms with Gasteiger partial charge in [0.15, 0.2) is 5.78 Å². The lowest BCUT2D eigenvalue weighted by Gasteiger charge is -2.13. The summed E-state index contributed by atoms with van der Waals surface area (Å²) < 4.78 is 11.0. The summed E-state index contributed by atoms with van der Waals surface area (Å²) in [4.78, 5) is 11.5. The second kappa shape index (κ2) is 5.80. The number of ketones is 1. The number of hydrogen-bond acceptors (Lipinski definition) is 4. The van der Waals surface area contributed by atoms with Crippen LogP contribution >= 0.6 is 0 Å². The number of para-hydroxylation sites is 1. The van der Waals surface area contributed by atoms with Crippen molar-refractivity contribution in [3.63, 3.8) is 0 Å². The summed E-state index contributed by atoms with van der Waals surface area (Å²) in [5.74, 6) is 0.190. The molecule has 0 aromatic heterocycles. The van der Waals surface area contributed by atoms with E-state index < -0.39 is 6.61 Å². The van der Waals surface area contributed by atoms with E-state index in [1.54, 1.807) is 24.3 Å². The second-order valence-electron chi connectivity index (χ2n) is 4.02. The van der Waals surface area contributed by atoms with E-state index in [0.29, 0.717) is 17.9 Å². The maximum absolute atomic E-state index is 11.5. The molecular formula is C13H16O4. The van der Waals surface area contributed by atoms with Gasteiger partial charge in [-0.05, 0) is 25.0 Å². The van der Waals surface area contributed by atoms with Crippen molar-refractivity contribution in [1.82, 2.24) is 0 Å². The van der Waals surface area contributed by atoms with Gasteiger partial charge in [-0.2, -0.15) is 0 Å². The maximum atomic E-state index is 11.5. The van der Waals surface area contributed by atoms with Crippen LogP contribution in [0.5, 0.6) is 5.75 Å². The van der Waals surface area contributed by atoms with Crippen LogP contribution in [0.1, 0.15) is 23.2 Å². The van der Waals surface area contributed by atoms with E-state index >= 15 is 0 Å². The van der Waals surface area contributed by atoms with Gasteiger partial charge in [0.2, 0.25) is 0 Å². The molecule has 1 heterocycles. The van der Waals surface area contributed by atoms with Crippen LogP contribution in [-0.2, 0) is 4.74 Å².